The summed E-state index contributed by atoms with van der Waals surface area (Å²) in [5.41, 5.74) is -0.0473. The number of halogens is 1. The number of sulfonamides is 1. The minimum Gasteiger partial charge on any atom is -0.466 e. The summed E-state index contributed by atoms with van der Waals surface area (Å²) in [4.78, 5) is 38.1. The van der Waals surface area contributed by atoms with E-state index in [1.165, 1.54) is 31.0 Å². The van der Waals surface area contributed by atoms with Crippen molar-refractivity contribution < 1.29 is 32.3 Å². The first kappa shape index (κ1) is 24.1. The van der Waals surface area contributed by atoms with Gasteiger partial charge in [0.05, 0.1) is 23.1 Å². The molecule has 0 unspecified atom stereocenters. The van der Waals surface area contributed by atoms with Gasteiger partial charge >= 0.3 is 11.9 Å². The first-order valence-electron chi connectivity index (χ1n) is 9.50. The molecule has 0 saturated carbocycles. The van der Waals surface area contributed by atoms with E-state index < -0.39 is 22.1 Å². The minimum absolute atomic E-state index is 0.0468. The zero-order chi connectivity index (χ0) is 22.5. The van der Waals surface area contributed by atoms with E-state index in [0.29, 0.717) is 32.5 Å². The number of likely N-dealkylation sites (tertiary alicyclic amines) is 1. The average Bonchev–Trinajstić information content (AvgIpc) is 2.73. The van der Waals surface area contributed by atoms with Gasteiger partial charge < -0.3 is 14.4 Å². The highest BCUT2D eigenvalue weighted by Crippen LogP contribution is 2.24. The van der Waals surface area contributed by atoms with Crippen LogP contribution in [0.4, 0.5) is 0 Å². The highest BCUT2D eigenvalue weighted by molar-refractivity contribution is 7.89. The number of benzene rings is 1. The molecule has 11 heteroatoms. The highest BCUT2D eigenvalue weighted by atomic mass is 35.5. The van der Waals surface area contributed by atoms with E-state index >= 15 is 0 Å². The van der Waals surface area contributed by atoms with Gasteiger partial charge in [0.1, 0.15) is 4.90 Å². The van der Waals surface area contributed by atoms with Crippen LogP contribution in [0.3, 0.4) is 0 Å². The Kier molecular flexibility index (Phi) is 8.22. The maximum atomic E-state index is 12.6. The lowest BCUT2D eigenvalue weighted by Gasteiger charge is -2.32. The number of nitrogens with one attached hydrogen (secondary N) is 1. The number of ether oxygens (including phenoxy) is 2. The molecule has 30 heavy (non-hydrogen) atoms. The van der Waals surface area contributed by atoms with Crippen LogP contribution in [0.15, 0.2) is 23.1 Å². The molecule has 1 amide bonds. The van der Waals surface area contributed by atoms with Gasteiger partial charge in [0, 0.05) is 13.1 Å². The summed E-state index contributed by atoms with van der Waals surface area (Å²) in [7, 11) is -2.64. The summed E-state index contributed by atoms with van der Waals surface area (Å²) in [6, 6.07) is 3.69. The molecule has 1 heterocycles. The molecule has 0 bridgehead atoms. The number of nitrogens with zero attached hydrogens (tertiary/aromatic N) is 1. The lowest BCUT2D eigenvalue weighted by molar-refractivity contribution is -0.152. The summed E-state index contributed by atoms with van der Waals surface area (Å²) in [6.07, 6.45) is -0.113. The van der Waals surface area contributed by atoms with Gasteiger partial charge in [0.2, 0.25) is 10.0 Å². The van der Waals surface area contributed by atoms with E-state index in [2.05, 4.69) is 4.72 Å². The van der Waals surface area contributed by atoms with Crippen molar-refractivity contribution in [1.82, 2.24) is 9.62 Å². The van der Waals surface area contributed by atoms with Gasteiger partial charge in [-0.1, -0.05) is 11.6 Å². The second-order valence-corrected chi connectivity index (χ2v) is 9.01. The van der Waals surface area contributed by atoms with Crippen molar-refractivity contribution in [3.05, 3.63) is 28.8 Å². The summed E-state index contributed by atoms with van der Waals surface area (Å²) in [5, 5.41) is -0.0468. The van der Waals surface area contributed by atoms with Crippen LogP contribution < -0.4 is 4.72 Å². The average molecular weight is 461 g/mol. The Bertz CT molecular complexity index is 911. The summed E-state index contributed by atoms with van der Waals surface area (Å²) in [6.45, 7) is 4.21. The molecule has 1 atom stereocenters. The molecule has 1 aliphatic heterocycles. The third-order valence-corrected chi connectivity index (χ3v) is 6.68. The van der Waals surface area contributed by atoms with Gasteiger partial charge in [0.15, 0.2) is 6.10 Å². The van der Waals surface area contributed by atoms with Crippen LogP contribution in [0, 0.1) is 5.92 Å². The predicted octanol–water partition coefficient (Wildman–Crippen LogP) is 1.60. The third kappa shape index (κ3) is 5.71. The Morgan fingerprint density at radius 2 is 1.90 bits per heavy atom. The maximum absolute atomic E-state index is 12.6. The fourth-order valence-corrected chi connectivity index (χ4v) is 4.33. The van der Waals surface area contributed by atoms with Crippen LogP contribution in [-0.2, 0) is 29.1 Å². The Morgan fingerprint density at radius 1 is 1.27 bits per heavy atom. The Hall–Kier alpha value is -2.17. The number of rotatable bonds is 7. The van der Waals surface area contributed by atoms with Crippen LogP contribution in [-0.4, -0.2) is 64.0 Å². The molecular weight excluding hydrogens is 436 g/mol. The van der Waals surface area contributed by atoms with E-state index in [1.54, 1.807) is 6.92 Å². The van der Waals surface area contributed by atoms with E-state index in [9.17, 15) is 22.8 Å². The fraction of sp³-hybridized carbons (Fsp3) is 0.526. The molecular formula is C19H25ClN2O7S. The van der Waals surface area contributed by atoms with Crippen LogP contribution >= 0.6 is 11.6 Å². The molecule has 1 aromatic carbocycles. The number of carbonyl (C=O) groups is 3. The van der Waals surface area contributed by atoms with Crippen molar-refractivity contribution in [3.8, 4) is 0 Å². The summed E-state index contributed by atoms with van der Waals surface area (Å²) in [5.74, 6) is -1.74. The molecule has 1 aromatic rings. The quantitative estimate of drug-likeness (QED) is 0.613. The molecule has 1 aliphatic rings. The lowest BCUT2D eigenvalue weighted by atomic mass is 9.97. The van der Waals surface area contributed by atoms with Gasteiger partial charge in [-0.05, 0) is 51.9 Å². The first-order valence-corrected chi connectivity index (χ1v) is 11.4. The van der Waals surface area contributed by atoms with E-state index in [0.717, 1.165) is 6.07 Å². The van der Waals surface area contributed by atoms with E-state index in [-0.39, 0.29) is 33.3 Å². The minimum atomic E-state index is -3.87. The van der Waals surface area contributed by atoms with Gasteiger partial charge in [-0.2, -0.15) is 0 Å². The van der Waals surface area contributed by atoms with Crippen molar-refractivity contribution in [2.45, 2.75) is 37.7 Å². The Morgan fingerprint density at radius 3 is 2.47 bits per heavy atom. The van der Waals surface area contributed by atoms with Gasteiger partial charge in [0.25, 0.3) is 5.91 Å². The molecule has 2 rings (SSSR count). The standard InChI is InChI=1S/C19H25ClN2O7S/c1-4-28-18(24)13-7-9-22(10-8-13)17(23)12(2)29-19(25)14-5-6-15(20)16(11-14)30(26,27)21-3/h5-6,11-13,21H,4,7-10H2,1-3H3/t12-/m1/s1. The van der Waals surface area contributed by atoms with E-state index in [4.69, 9.17) is 21.1 Å². The summed E-state index contributed by atoms with van der Waals surface area (Å²) < 4.78 is 36.4. The number of amides is 1. The molecule has 1 N–H and O–H groups in total. The zero-order valence-corrected chi connectivity index (χ0v) is 18.6. The largest absolute Gasteiger partial charge is 0.466 e. The number of carbonyl (C=O) groups excluding carboxylic acids is 3. The highest BCUT2D eigenvalue weighted by Gasteiger charge is 2.31. The molecule has 1 fully saturated rings. The normalized spacial score (nSPS) is 16.1. The number of hydrogen-bond acceptors (Lipinski definition) is 7. The number of piperidine rings is 1. The van der Waals surface area contributed by atoms with Crippen LogP contribution in [0.5, 0.6) is 0 Å². The predicted molar refractivity (Wildman–Crippen MR) is 109 cm³/mol. The Labute approximate surface area is 180 Å². The number of hydrogen-bond donors (Lipinski definition) is 1. The molecule has 9 nitrogen and oxygen atoms in total. The van der Waals surface area contributed by atoms with Crippen LogP contribution in [0.25, 0.3) is 0 Å². The van der Waals surface area contributed by atoms with Crippen molar-refractivity contribution in [2.24, 2.45) is 5.92 Å². The van der Waals surface area contributed by atoms with Gasteiger partial charge in [-0.15, -0.1) is 0 Å². The fourth-order valence-electron chi connectivity index (χ4n) is 3.08. The first-order chi connectivity index (χ1) is 14.1. The SMILES string of the molecule is CCOC(=O)C1CCN(C(=O)[C@@H](C)OC(=O)c2ccc(Cl)c(S(=O)(=O)NC)c2)CC1. The van der Waals surface area contributed by atoms with Crippen LogP contribution in [0.1, 0.15) is 37.0 Å². The third-order valence-electron chi connectivity index (χ3n) is 4.78. The molecule has 0 radical (unpaired) electrons. The van der Waals surface area contributed by atoms with Crippen LogP contribution in [0.2, 0.25) is 5.02 Å². The summed E-state index contributed by atoms with van der Waals surface area (Å²) >= 11 is 5.91. The molecule has 0 aliphatic carbocycles. The second kappa shape index (κ2) is 10.2. The van der Waals surface area contributed by atoms with E-state index in [1.807, 2.05) is 0 Å². The lowest BCUT2D eigenvalue weighted by Crippen LogP contribution is -2.45. The van der Waals surface area contributed by atoms with Crippen molar-refractivity contribution >= 4 is 39.5 Å². The monoisotopic (exact) mass is 460 g/mol. The smallest absolute Gasteiger partial charge is 0.338 e. The topological polar surface area (TPSA) is 119 Å². The molecule has 0 spiro atoms. The maximum Gasteiger partial charge on any atom is 0.338 e. The molecule has 0 aromatic heterocycles. The molecule has 1 saturated heterocycles. The van der Waals surface area contributed by atoms with Crippen molar-refractivity contribution in [2.75, 3.05) is 26.7 Å². The van der Waals surface area contributed by atoms with Gasteiger partial charge in [-0.25, -0.2) is 17.9 Å². The zero-order valence-electron chi connectivity index (χ0n) is 17.0. The second-order valence-electron chi connectivity index (χ2n) is 6.75. The number of esters is 2. The molecule has 166 valence electrons. The van der Waals surface area contributed by atoms with Crippen molar-refractivity contribution in [1.29, 1.82) is 0 Å². The van der Waals surface area contributed by atoms with Crippen molar-refractivity contribution in [3.63, 3.8) is 0 Å². The Balaban J connectivity index is 2.00. The van der Waals surface area contributed by atoms with Gasteiger partial charge in [-0.3, -0.25) is 9.59 Å².